The van der Waals surface area contributed by atoms with Crippen LogP contribution < -0.4 is 0 Å². The molecule has 1 saturated heterocycles. The van der Waals surface area contributed by atoms with Crippen LogP contribution in [0.5, 0.6) is 0 Å². The Bertz CT molecular complexity index is 882. The molecular weight excluding hydrogens is 396 g/mol. The standard InChI is InChI=1S/C23H32N4O2S/c1-2-27-20-10-6-5-9-19(20)24-23(27)30-17-22(29)26-15-13-25(14-16-26)21(28)12-11-18-7-3-4-8-18/h5-6,9-10,18H,2-4,7-8,11-17H2,1H3. The van der Waals surface area contributed by atoms with Crippen molar-refractivity contribution in [2.75, 3.05) is 31.9 Å². The summed E-state index contributed by atoms with van der Waals surface area (Å²) in [6, 6.07) is 8.09. The number of aryl methyl sites for hydroxylation is 1. The van der Waals surface area contributed by atoms with E-state index in [1.165, 1.54) is 37.4 Å². The minimum absolute atomic E-state index is 0.132. The highest BCUT2D eigenvalue weighted by molar-refractivity contribution is 7.99. The van der Waals surface area contributed by atoms with Gasteiger partial charge in [0, 0.05) is 39.1 Å². The van der Waals surface area contributed by atoms with E-state index in [-0.39, 0.29) is 11.8 Å². The van der Waals surface area contributed by atoms with E-state index in [0.29, 0.717) is 38.4 Å². The van der Waals surface area contributed by atoms with Crippen LogP contribution in [0.2, 0.25) is 0 Å². The van der Waals surface area contributed by atoms with Crippen molar-refractivity contribution in [1.29, 1.82) is 0 Å². The molecule has 1 aliphatic carbocycles. The number of carbonyl (C=O) groups is 2. The Hall–Kier alpha value is -2.02. The molecule has 162 valence electrons. The molecule has 0 atom stereocenters. The normalized spacial score (nSPS) is 17.8. The lowest BCUT2D eigenvalue weighted by Gasteiger charge is -2.35. The Morgan fingerprint density at radius 3 is 2.40 bits per heavy atom. The van der Waals surface area contributed by atoms with E-state index in [1.807, 2.05) is 28.0 Å². The summed E-state index contributed by atoms with van der Waals surface area (Å²) >= 11 is 1.51. The van der Waals surface area contributed by atoms with Gasteiger partial charge in [-0.15, -0.1) is 0 Å². The van der Waals surface area contributed by atoms with Gasteiger partial charge in [-0.3, -0.25) is 9.59 Å². The van der Waals surface area contributed by atoms with Gasteiger partial charge in [0.1, 0.15) is 0 Å². The lowest BCUT2D eigenvalue weighted by Crippen LogP contribution is -2.51. The second-order valence-corrected chi connectivity index (χ2v) is 9.31. The van der Waals surface area contributed by atoms with Gasteiger partial charge >= 0.3 is 0 Å². The third-order valence-electron chi connectivity index (χ3n) is 6.49. The predicted molar refractivity (Wildman–Crippen MR) is 120 cm³/mol. The van der Waals surface area contributed by atoms with Gasteiger partial charge in [-0.25, -0.2) is 4.98 Å². The lowest BCUT2D eigenvalue weighted by molar-refractivity contribution is -0.138. The number of fused-ring (bicyclic) bond motifs is 1. The molecule has 1 aromatic heterocycles. The predicted octanol–water partition coefficient (Wildman–Crippen LogP) is 3.79. The fraction of sp³-hybridized carbons (Fsp3) is 0.609. The summed E-state index contributed by atoms with van der Waals surface area (Å²) in [5.41, 5.74) is 2.08. The van der Waals surface area contributed by atoms with Crippen LogP contribution in [-0.2, 0) is 16.1 Å². The molecule has 2 aromatic rings. The van der Waals surface area contributed by atoms with Crippen molar-refractivity contribution in [1.82, 2.24) is 19.4 Å². The van der Waals surface area contributed by atoms with Gasteiger partial charge in [0.25, 0.3) is 0 Å². The molecule has 1 aromatic carbocycles. The third-order valence-corrected chi connectivity index (χ3v) is 7.45. The molecular formula is C23H32N4O2S. The number of benzene rings is 1. The summed E-state index contributed by atoms with van der Waals surface area (Å²) in [4.78, 5) is 33.8. The Morgan fingerprint density at radius 2 is 1.70 bits per heavy atom. The summed E-state index contributed by atoms with van der Waals surface area (Å²) < 4.78 is 2.16. The minimum atomic E-state index is 0.132. The smallest absolute Gasteiger partial charge is 0.233 e. The van der Waals surface area contributed by atoms with Crippen molar-refractivity contribution in [3.05, 3.63) is 24.3 Å². The quantitative estimate of drug-likeness (QED) is 0.630. The fourth-order valence-electron chi connectivity index (χ4n) is 4.68. The largest absolute Gasteiger partial charge is 0.339 e. The first-order valence-corrected chi connectivity index (χ1v) is 12.3. The minimum Gasteiger partial charge on any atom is -0.339 e. The number of hydrogen-bond donors (Lipinski definition) is 0. The second-order valence-electron chi connectivity index (χ2n) is 8.37. The molecule has 0 N–H and O–H groups in total. The summed E-state index contributed by atoms with van der Waals surface area (Å²) in [6.07, 6.45) is 6.94. The van der Waals surface area contributed by atoms with Gasteiger partial charge in [-0.1, -0.05) is 49.6 Å². The van der Waals surface area contributed by atoms with Crippen LogP contribution >= 0.6 is 11.8 Å². The number of hydrogen-bond acceptors (Lipinski definition) is 4. The van der Waals surface area contributed by atoms with Gasteiger partial charge < -0.3 is 14.4 Å². The number of thioether (sulfide) groups is 1. The zero-order valence-corrected chi connectivity index (χ0v) is 18.7. The first-order chi connectivity index (χ1) is 14.7. The molecule has 7 heteroatoms. The Morgan fingerprint density at radius 1 is 1.03 bits per heavy atom. The maximum Gasteiger partial charge on any atom is 0.233 e. The van der Waals surface area contributed by atoms with Crippen LogP contribution in [0.15, 0.2) is 29.4 Å². The Balaban J connectivity index is 1.24. The van der Waals surface area contributed by atoms with E-state index < -0.39 is 0 Å². The van der Waals surface area contributed by atoms with Crippen LogP contribution in [0.25, 0.3) is 11.0 Å². The highest BCUT2D eigenvalue weighted by Gasteiger charge is 2.25. The number of rotatable bonds is 7. The van der Waals surface area contributed by atoms with E-state index in [1.54, 1.807) is 0 Å². The van der Waals surface area contributed by atoms with Gasteiger partial charge in [-0.2, -0.15) is 0 Å². The van der Waals surface area contributed by atoms with Crippen LogP contribution in [0.1, 0.15) is 45.4 Å². The van der Waals surface area contributed by atoms with Crippen molar-refractivity contribution in [2.45, 2.75) is 57.1 Å². The van der Waals surface area contributed by atoms with E-state index >= 15 is 0 Å². The molecule has 2 heterocycles. The zero-order chi connectivity index (χ0) is 20.9. The number of para-hydroxylation sites is 2. The molecule has 2 aliphatic rings. The van der Waals surface area contributed by atoms with Crippen molar-refractivity contribution < 1.29 is 9.59 Å². The van der Waals surface area contributed by atoms with Crippen LogP contribution in [-0.4, -0.2) is 63.1 Å². The third kappa shape index (κ3) is 4.82. The molecule has 1 aliphatic heterocycles. The summed E-state index contributed by atoms with van der Waals surface area (Å²) in [5.74, 6) is 1.54. The van der Waals surface area contributed by atoms with E-state index in [2.05, 4.69) is 17.6 Å². The Labute approximate surface area is 183 Å². The summed E-state index contributed by atoms with van der Waals surface area (Å²) in [6.45, 7) is 5.53. The Kier molecular flexibility index (Phi) is 6.97. The maximum atomic E-state index is 12.7. The summed E-state index contributed by atoms with van der Waals surface area (Å²) in [5, 5.41) is 0.896. The van der Waals surface area contributed by atoms with Gasteiger partial charge in [0.2, 0.25) is 11.8 Å². The monoisotopic (exact) mass is 428 g/mol. The maximum absolute atomic E-state index is 12.7. The number of imidazole rings is 1. The lowest BCUT2D eigenvalue weighted by atomic mass is 10.0. The van der Waals surface area contributed by atoms with Crippen molar-refractivity contribution in [2.24, 2.45) is 5.92 Å². The molecule has 0 spiro atoms. The number of aromatic nitrogens is 2. The average Bonchev–Trinajstić information content (AvgIpc) is 3.43. The first-order valence-electron chi connectivity index (χ1n) is 11.3. The highest BCUT2D eigenvalue weighted by Crippen LogP contribution is 2.29. The molecule has 6 nitrogen and oxygen atoms in total. The molecule has 4 rings (SSSR count). The number of nitrogens with zero attached hydrogens (tertiary/aromatic N) is 4. The summed E-state index contributed by atoms with van der Waals surface area (Å²) in [7, 11) is 0. The zero-order valence-electron chi connectivity index (χ0n) is 17.9. The molecule has 2 amide bonds. The topological polar surface area (TPSA) is 58.4 Å². The molecule has 0 radical (unpaired) electrons. The molecule has 0 bridgehead atoms. The fourth-order valence-corrected chi connectivity index (χ4v) is 5.66. The van der Waals surface area contributed by atoms with Crippen molar-refractivity contribution in [3.8, 4) is 0 Å². The SMILES string of the molecule is CCn1c(SCC(=O)N2CCN(C(=O)CCC3CCCC3)CC2)nc2ccccc21. The molecule has 0 unspecified atom stereocenters. The number of amides is 2. The molecule has 1 saturated carbocycles. The highest BCUT2D eigenvalue weighted by atomic mass is 32.2. The van der Waals surface area contributed by atoms with Crippen LogP contribution in [0, 0.1) is 5.92 Å². The van der Waals surface area contributed by atoms with Gasteiger partial charge in [0.05, 0.1) is 16.8 Å². The first kappa shape index (κ1) is 21.2. The molecule has 2 fully saturated rings. The van der Waals surface area contributed by atoms with Crippen molar-refractivity contribution in [3.63, 3.8) is 0 Å². The van der Waals surface area contributed by atoms with Gasteiger partial charge in [-0.05, 0) is 31.4 Å². The number of piperazine rings is 1. The van der Waals surface area contributed by atoms with Crippen molar-refractivity contribution >= 4 is 34.6 Å². The van der Waals surface area contributed by atoms with E-state index in [9.17, 15) is 9.59 Å². The molecule has 30 heavy (non-hydrogen) atoms. The van der Waals surface area contributed by atoms with E-state index in [4.69, 9.17) is 4.98 Å². The van der Waals surface area contributed by atoms with E-state index in [0.717, 1.165) is 35.1 Å². The van der Waals surface area contributed by atoms with Crippen LogP contribution in [0.3, 0.4) is 0 Å². The van der Waals surface area contributed by atoms with Gasteiger partial charge in [0.15, 0.2) is 5.16 Å². The second kappa shape index (κ2) is 9.86. The number of carbonyl (C=O) groups excluding carboxylic acids is 2. The van der Waals surface area contributed by atoms with Crippen LogP contribution in [0.4, 0.5) is 0 Å². The average molecular weight is 429 g/mol.